The number of fused-ring (bicyclic) bond motifs is 3. The SMILES string of the molecule is Cc1nc(N2CCC(NS(=O)(=O)c3cccs3)CC2)c2c3c(sc2n1)CCC3. The number of sulfonamides is 1. The van der Waals surface area contributed by atoms with Gasteiger partial charge >= 0.3 is 0 Å². The average molecular weight is 435 g/mol. The highest BCUT2D eigenvalue weighted by molar-refractivity contribution is 7.91. The molecule has 4 heterocycles. The maximum absolute atomic E-state index is 12.5. The van der Waals surface area contributed by atoms with Gasteiger partial charge in [-0.15, -0.1) is 22.7 Å². The van der Waals surface area contributed by atoms with Gasteiger partial charge in [0.05, 0.1) is 5.39 Å². The van der Waals surface area contributed by atoms with Crippen molar-refractivity contribution in [1.82, 2.24) is 14.7 Å². The maximum atomic E-state index is 12.5. The number of rotatable bonds is 4. The number of nitrogens with zero attached hydrogens (tertiary/aromatic N) is 3. The summed E-state index contributed by atoms with van der Waals surface area (Å²) in [5, 5.41) is 3.03. The van der Waals surface area contributed by atoms with Gasteiger partial charge in [0.25, 0.3) is 0 Å². The maximum Gasteiger partial charge on any atom is 0.250 e. The first kappa shape index (κ1) is 18.5. The van der Waals surface area contributed by atoms with E-state index in [1.54, 1.807) is 17.5 Å². The minimum atomic E-state index is -3.41. The Morgan fingerprint density at radius 2 is 2.04 bits per heavy atom. The van der Waals surface area contributed by atoms with Gasteiger partial charge in [-0.25, -0.2) is 23.1 Å². The predicted octanol–water partition coefficient (Wildman–Crippen LogP) is 3.50. The number of aryl methyl sites for hydroxylation is 3. The van der Waals surface area contributed by atoms with Crippen LogP contribution in [0.5, 0.6) is 0 Å². The minimum absolute atomic E-state index is 0.0324. The van der Waals surface area contributed by atoms with Crippen LogP contribution in [0.25, 0.3) is 10.2 Å². The molecule has 0 amide bonds. The smallest absolute Gasteiger partial charge is 0.250 e. The van der Waals surface area contributed by atoms with Gasteiger partial charge in [-0.3, -0.25) is 0 Å². The lowest BCUT2D eigenvalue weighted by molar-refractivity contribution is 0.459. The fourth-order valence-electron chi connectivity index (χ4n) is 4.21. The van der Waals surface area contributed by atoms with E-state index in [-0.39, 0.29) is 6.04 Å². The summed E-state index contributed by atoms with van der Waals surface area (Å²) in [6, 6.07) is 3.39. The van der Waals surface area contributed by atoms with E-state index < -0.39 is 10.0 Å². The number of hydrogen-bond donors (Lipinski definition) is 1. The van der Waals surface area contributed by atoms with Gasteiger partial charge in [0.2, 0.25) is 10.0 Å². The number of aromatic nitrogens is 2. The standard InChI is InChI=1S/C19H22N4O2S3/c1-12-20-18(17-14-4-2-5-15(14)27-19(17)21-12)23-9-7-13(8-10-23)22-28(24,25)16-6-3-11-26-16/h3,6,11,13,22H,2,4-5,7-10H2,1H3. The predicted molar refractivity (Wildman–Crippen MR) is 114 cm³/mol. The van der Waals surface area contributed by atoms with Crippen molar-refractivity contribution in [2.75, 3.05) is 18.0 Å². The van der Waals surface area contributed by atoms with Crippen LogP contribution >= 0.6 is 22.7 Å². The molecule has 148 valence electrons. The van der Waals surface area contributed by atoms with Crippen LogP contribution < -0.4 is 9.62 Å². The first-order valence-corrected chi connectivity index (χ1v) is 12.8. The van der Waals surface area contributed by atoms with Crippen LogP contribution in [-0.2, 0) is 22.9 Å². The largest absolute Gasteiger partial charge is 0.356 e. The molecule has 2 aliphatic rings. The molecule has 6 nitrogen and oxygen atoms in total. The molecular weight excluding hydrogens is 412 g/mol. The van der Waals surface area contributed by atoms with Crippen LogP contribution in [0.15, 0.2) is 21.7 Å². The highest BCUT2D eigenvalue weighted by Gasteiger charge is 2.29. The van der Waals surface area contributed by atoms with Crippen molar-refractivity contribution < 1.29 is 8.42 Å². The quantitative estimate of drug-likeness (QED) is 0.680. The second-order valence-electron chi connectivity index (χ2n) is 7.45. The summed E-state index contributed by atoms with van der Waals surface area (Å²) in [6.07, 6.45) is 5.05. The number of anilines is 1. The molecule has 1 fully saturated rings. The molecule has 3 aromatic rings. The monoisotopic (exact) mass is 434 g/mol. The molecular formula is C19H22N4O2S3. The van der Waals surface area contributed by atoms with E-state index in [9.17, 15) is 8.42 Å². The molecule has 5 rings (SSSR count). The van der Waals surface area contributed by atoms with Crippen LogP contribution in [0.2, 0.25) is 0 Å². The molecule has 1 aliphatic heterocycles. The molecule has 0 radical (unpaired) electrons. The molecule has 28 heavy (non-hydrogen) atoms. The van der Waals surface area contributed by atoms with Crippen molar-refractivity contribution in [3.8, 4) is 0 Å². The van der Waals surface area contributed by atoms with Gasteiger partial charge in [0.1, 0.15) is 20.7 Å². The first-order chi connectivity index (χ1) is 13.5. The summed E-state index contributed by atoms with van der Waals surface area (Å²) in [4.78, 5) is 14.4. The average Bonchev–Trinajstić information content (AvgIpc) is 3.38. The lowest BCUT2D eigenvalue weighted by Gasteiger charge is -2.33. The molecule has 1 aliphatic carbocycles. The van der Waals surface area contributed by atoms with E-state index in [4.69, 9.17) is 4.98 Å². The van der Waals surface area contributed by atoms with Crippen LogP contribution in [-0.4, -0.2) is 37.5 Å². The topological polar surface area (TPSA) is 75.2 Å². The number of hydrogen-bond acceptors (Lipinski definition) is 7. The van der Waals surface area contributed by atoms with Crippen molar-refractivity contribution in [1.29, 1.82) is 0 Å². The summed E-state index contributed by atoms with van der Waals surface area (Å²) in [5.41, 5.74) is 1.44. The highest BCUT2D eigenvalue weighted by atomic mass is 32.2. The van der Waals surface area contributed by atoms with Gasteiger partial charge < -0.3 is 4.90 Å². The molecule has 0 atom stereocenters. The van der Waals surface area contributed by atoms with Crippen molar-refractivity contribution in [3.05, 3.63) is 33.8 Å². The Balaban J connectivity index is 1.36. The molecule has 0 aromatic carbocycles. The number of piperidine rings is 1. The van der Waals surface area contributed by atoms with Gasteiger partial charge in [0.15, 0.2) is 0 Å². The Morgan fingerprint density at radius 3 is 2.79 bits per heavy atom. The highest BCUT2D eigenvalue weighted by Crippen LogP contribution is 2.41. The van der Waals surface area contributed by atoms with Gasteiger partial charge in [-0.1, -0.05) is 6.07 Å². The Morgan fingerprint density at radius 1 is 1.21 bits per heavy atom. The summed E-state index contributed by atoms with van der Waals surface area (Å²) in [5.74, 6) is 1.85. The van der Waals surface area contributed by atoms with Gasteiger partial charge in [-0.2, -0.15) is 0 Å². The zero-order valence-corrected chi connectivity index (χ0v) is 18.1. The second kappa shape index (κ2) is 7.05. The van der Waals surface area contributed by atoms with E-state index >= 15 is 0 Å². The molecule has 1 saturated heterocycles. The van der Waals surface area contributed by atoms with E-state index in [0.29, 0.717) is 4.21 Å². The Kier molecular flexibility index (Phi) is 4.65. The molecule has 1 N–H and O–H groups in total. The molecule has 0 spiro atoms. The van der Waals surface area contributed by atoms with Crippen LogP contribution in [0.3, 0.4) is 0 Å². The van der Waals surface area contributed by atoms with Crippen LogP contribution in [0.4, 0.5) is 5.82 Å². The molecule has 9 heteroatoms. The van der Waals surface area contributed by atoms with E-state index in [2.05, 4.69) is 14.6 Å². The second-order valence-corrected chi connectivity index (χ2v) is 11.4. The lowest BCUT2D eigenvalue weighted by Crippen LogP contribution is -2.44. The third-order valence-electron chi connectivity index (χ3n) is 5.53. The van der Waals surface area contributed by atoms with Crippen molar-refractivity contribution >= 4 is 48.7 Å². The Labute approximate surface area is 172 Å². The van der Waals surface area contributed by atoms with Crippen molar-refractivity contribution in [2.45, 2.75) is 49.3 Å². The third kappa shape index (κ3) is 3.24. The summed E-state index contributed by atoms with van der Waals surface area (Å²) < 4.78 is 28.3. The Hall–Kier alpha value is -1.55. The number of thiophene rings is 2. The van der Waals surface area contributed by atoms with Crippen LogP contribution in [0, 0.1) is 6.92 Å². The molecule has 3 aromatic heterocycles. The van der Waals surface area contributed by atoms with Crippen molar-refractivity contribution in [2.24, 2.45) is 0 Å². The van der Waals surface area contributed by atoms with Gasteiger partial charge in [0, 0.05) is 24.0 Å². The fourth-order valence-corrected chi connectivity index (χ4v) is 7.83. The van der Waals surface area contributed by atoms with E-state index in [0.717, 1.165) is 55.2 Å². The molecule has 0 unspecified atom stereocenters. The van der Waals surface area contributed by atoms with Gasteiger partial charge in [-0.05, 0) is 56.0 Å². The zero-order chi connectivity index (χ0) is 19.3. The summed E-state index contributed by atoms with van der Waals surface area (Å²) in [6.45, 7) is 3.55. The van der Waals surface area contributed by atoms with Crippen molar-refractivity contribution in [3.63, 3.8) is 0 Å². The lowest BCUT2D eigenvalue weighted by atomic mass is 10.1. The fraction of sp³-hybridized carbons (Fsp3) is 0.474. The van der Waals surface area contributed by atoms with E-state index in [1.807, 2.05) is 18.3 Å². The molecule has 0 bridgehead atoms. The summed E-state index contributed by atoms with van der Waals surface area (Å²) >= 11 is 3.07. The normalized spacial score (nSPS) is 18.1. The first-order valence-electron chi connectivity index (χ1n) is 9.61. The zero-order valence-electron chi connectivity index (χ0n) is 15.6. The number of nitrogens with one attached hydrogen (secondary N) is 1. The summed E-state index contributed by atoms with van der Waals surface area (Å²) in [7, 11) is -3.41. The van der Waals surface area contributed by atoms with E-state index in [1.165, 1.54) is 33.6 Å². The van der Waals surface area contributed by atoms with Crippen LogP contribution in [0.1, 0.15) is 35.5 Å². The Bertz CT molecular complexity index is 1110. The minimum Gasteiger partial charge on any atom is -0.356 e. The molecule has 0 saturated carbocycles. The third-order valence-corrected chi connectivity index (χ3v) is 9.64.